The van der Waals surface area contributed by atoms with Gasteiger partial charge in [0.2, 0.25) is 18.4 Å². The van der Waals surface area contributed by atoms with Crippen LogP contribution in [-0.4, -0.2) is 28.8 Å². The number of nitrogen functional groups attached to an aromatic ring is 1. The highest BCUT2D eigenvalue weighted by Crippen LogP contribution is 2.35. The lowest BCUT2D eigenvalue weighted by atomic mass is 10.1. The van der Waals surface area contributed by atoms with Gasteiger partial charge in [0.05, 0.1) is 0 Å². The molecular formula is C13H14N6O4. The van der Waals surface area contributed by atoms with Crippen molar-refractivity contribution in [3.63, 3.8) is 0 Å². The number of hydrogen-bond acceptors (Lipinski definition) is 8. The van der Waals surface area contributed by atoms with Crippen LogP contribution in [0.4, 0.5) is 16.4 Å². The van der Waals surface area contributed by atoms with E-state index in [2.05, 4.69) is 30.8 Å². The fourth-order valence-electron chi connectivity index (χ4n) is 2.01. The molecule has 0 atom stereocenters. The normalized spacial score (nSPS) is 13.0. The summed E-state index contributed by atoms with van der Waals surface area (Å²) in [5.74, 6) is 1.42. The van der Waals surface area contributed by atoms with Crippen LogP contribution in [-0.2, 0) is 6.42 Å². The number of aromatic nitrogens is 2. The number of fused-ring (bicyclic) bond motifs is 1. The summed E-state index contributed by atoms with van der Waals surface area (Å²) >= 11 is 0. The molecular weight excluding hydrogens is 304 g/mol. The van der Waals surface area contributed by atoms with Crippen molar-refractivity contribution in [2.45, 2.75) is 13.3 Å². The topological polar surface area (TPSA) is 137 Å². The van der Waals surface area contributed by atoms with Crippen LogP contribution >= 0.6 is 0 Å². The quantitative estimate of drug-likeness (QED) is 0.567. The van der Waals surface area contributed by atoms with Gasteiger partial charge in [-0.1, -0.05) is 12.1 Å². The summed E-state index contributed by atoms with van der Waals surface area (Å²) in [7, 11) is 0. The van der Waals surface area contributed by atoms with Gasteiger partial charge in [-0.05, 0) is 23.3 Å². The molecule has 0 saturated heterocycles. The van der Waals surface area contributed by atoms with E-state index in [4.69, 9.17) is 15.2 Å². The number of carbonyl (C=O) groups excluding carboxylic acids is 1. The Labute approximate surface area is 130 Å². The molecule has 1 aromatic carbocycles. The first kappa shape index (κ1) is 14.6. The molecule has 23 heavy (non-hydrogen) atoms. The molecule has 10 nitrogen and oxygen atoms in total. The average Bonchev–Trinajstić information content (AvgIpc) is 3.15. The first-order valence-corrected chi connectivity index (χ1v) is 6.69. The highest BCUT2D eigenvalue weighted by atomic mass is 16.7. The van der Waals surface area contributed by atoms with Gasteiger partial charge in [0, 0.05) is 17.7 Å². The van der Waals surface area contributed by atoms with E-state index in [-0.39, 0.29) is 18.4 Å². The van der Waals surface area contributed by atoms with Gasteiger partial charge in [-0.25, -0.2) is 14.8 Å². The lowest BCUT2D eigenvalue weighted by molar-refractivity contribution is 0.173. The van der Waals surface area contributed by atoms with E-state index >= 15 is 0 Å². The Morgan fingerprint density at radius 2 is 2.26 bits per heavy atom. The van der Waals surface area contributed by atoms with Crippen LogP contribution in [0.3, 0.4) is 0 Å². The van der Waals surface area contributed by atoms with Crippen LogP contribution in [0.5, 0.6) is 11.5 Å². The monoisotopic (exact) mass is 318 g/mol. The fraction of sp³-hybridized carbons (Fsp3) is 0.231. The molecule has 0 radical (unpaired) electrons. The molecule has 0 saturated carbocycles. The molecule has 2 aromatic rings. The number of urea groups is 1. The number of nitrogens with one attached hydrogen (secondary N) is 2. The molecule has 0 spiro atoms. The van der Waals surface area contributed by atoms with E-state index in [1.165, 1.54) is 0 Å². The Morgan fingerprint density at radius 1 is 1.39 bits per heavy atom. The van der Waals surface area contributed by atoms with Gasteiger partial charge >= 0.3 is 6.03 Å². The molecule has 1 aliphatic rings. The maximum absolute atomic E-state index is 11.7. The number of para-hydroxylation sites is 1. The first-order chi connectivity index (χ1) is 11.1. The van der Waals surface area contributed by atoms with E-state index in [1.807, 2.05) is 18.2 Å². The predicted octanol–water partition coefficient (Wildman–Crippen LogP) is 1.12. The maximum atomic E-state index is 11.7. The molecule has 2 heterocycles. The van der Waals surface area contributed by atoms with Crippen LogP contribution in [0.2, 0.25) is 0 Å². The zero-order chi connectivity index (χ0) is 16.2. The second kappa shape index (κ2) is 6.22. The molecule has 2 amide bonds. The zero-order valence-electron chi connectivity index (χ0n) is 12.2. The summed E-state index contributed by atoms with van der Waals surface area (Å²) in [6.45, 7) is 1.98. The van der Waals surface area contributed by atoms with Crippen molar-refractivity contribution in [3.05, 3.63) is 23.8 Å². The zero-order valence-corrected chi connectivity index (χ0v) is 12.2. The van der Waals surface area contributed by atoms with Crippen molar-refractivity contribution in [1.82, 2.24) is 15.7 Å². The summed E-state index contributed by atoms with van der Waals surface area (Å²) in [6.07, 6.45) is 0.500. The maximum Gasteiger partial charge on any atom is 0.340 e. The van der Waals surface area contributed by atoms with Crippen LogP contribution in [0.1, 0.15) is 12.5 Å². The van der Waals surface area contributed by atoms with E-state index in [1.54, 1.807) is 6.92 Å². The van der Waals surface area contributed by atoms with Crippen LogP contribution in [0.25, 0.3) is 0 Å². The SMILES string of the molecule is C/C(Cc1cccc2c1OCO2)=N\NC(=O)Nc1nonc1N. The average molecular weight is 318 g/mol. The predicted molar refractivity (Wildman–Crippen MR) is 80.2 cm³/mol. The Balaban J connectivity index is 1.59. The molecule has 0 fully saturated rings. The fourth-order valence-corrected chi connectivity index (χ4v) is 2.01. The molecule has 3 rings (SSSR count). The van der Waals surface area contributed by atoms with Gasteiger partial charge in [0.15, 0.2) is 11.5 Å². The van der Waals surface area contributed by atoms with Gasteiger partial charge in [0.1, 0.15) is 0 Å². The molecule has 1 aliphatic heterocycles. The van der Waals surface area contributed by atoms with Crippen molar-refractivity contribution >= 4 is 23.4 Å². The number of rotatable bonds is 4. The second-order valence-electron chi connectivity index (χ2n) is 4.74. The minimum atomic E-state index is -0.607. The second-order valence-corrected chi connectivity index (χ2v) is 4.74. The van der Waals surface area contributed by atoms with Crippen molar-refractivity contribution < 1.29 is 18.9 Å². The summed E-state index contributed by atoms with van der Waals surface area (Å²) in [4.78, 5) is 11.7. The number of nitrogens with two attached hydrogens (primary N) is 1. The lowest BCUT2D eigenvalue weighted by Crippen LogP contribution is -2.26. The Morgan fingerprint density at radius 3 is 3.04 bits per heavy atom. The molecule has 0 aliphatic carbocycles. The third-order valence-corrected chi connectivity index (χ3v) is 3.02. The minimum Gasteiger partial charge on any atom is -0.454 e. The molecule has 10 heteroatoms. The van der Waals surface area contributed by atoms with Crippen molar-refractivity contribution in [2.75, 3.05) is 17.8 Å². The molecule has 0 unspecified atom stereocenters. The minimum absolute atomic E-state index is 0.0159. The number of hydrazone groups is 1. The number of nitrogens with zero attached hydrogens (tertiary/aromatic N) is 3. The highest BCUT2D eigenvalue weighted by molar-refractivity contribution is 5.92. The van der Waals surface area contributed by atoms with E-state index in [9.17, 15) is 4.79 Å². The van der Waals surface area contributed by atoms with E-state index in [0.29, 0.717) is 23.6 Å². The van der Waals surface area contributed by atoms with E-state index in [0.717, 1.165) is 5.56 Å². The number of hydrogen-bond donors (Lipinski definition) is 3. The lowest BCUT2D eigenvalue weighted by Gasteiger charge is -2.06. The van der Waals surface area contributed by atoms with Gasteiger partial charge in [-0.2, -0.15) is 5.10 Å². The summed E-state index contributed by atoms with van der Waals surface area (Å²) in [5, 5.41) is 13.1. The van der Waals surface area contributed by atoms with Gasteiger partial charge < -0.3 is 15.2 Å². The standard InChI is InChI=1S/C13H14N6O4/c1-7(5-8-3-2-4-9-10(8)22-6-21-9)16-17-13(20)15-12-11(14)18-23-19-12/h2-4H,5-6H2,1H3,(H2,14,18)(H2,15,17,19,20)/b16-7+. The molecule has 1 aromatic heterocycles. The Kier molecular flexibility index (Phi) is 3.95. The van der Waals surface area contributed by atoms with Crippen molar-refractivity contribution in [3.8, 4) is 11.5 Å². The first-order valence-electron chi connectivity index (χ1n) is 6.69. The third-order valence-electron chi connectivity index (χ3n) is 3.02. The van der Waals surface area contributed by atoms with Crippen LogP contribution < -0.4 is 25.9 Å². The smallest absolute Gasteiger partial charge is 0.340 e. The number of amides is 2. The van der Waals surface area contributed by atoms with Gasteiger partial charge in [-0.15, -0.1) is 0 Å². The van der Waals surface area contributed by atoms with Crippen LogP contribution in [0, 0.1) is 0 Å². The highest BCUT2D eigenvalue weighted by Gasteiger charge is 2.17. The Bertz CT molecular complexity index is 757. The van der Waals surface area contributed by atoms with Gasteiger partial charge in [-0.3, -0.25) is 5.32 Å². The van der Waals surface area contributed by atoms with Crippen LogP contribution in [0.15, 0.2) is 27.9 Å². The summed E-state index contributed by atoms with van der Waals surface area (Å²) in [6, 6.07) is 5.01. The largest absolute Gasteiger partial charge is 0.454 e. The number of ether oxygens (including phenoxy) is 2. The van der Waals surface area contributed by atoms with Crippen molar-refractivity contribution in [1.29, 1.82) is 0 Å². The number of carbonyl (C=O) groups is 1. The molecule has 120 valence electrons. The van der Waals surface area contributed by atoms with Crippen molar-refractivity contribution in [2.24, 2.45) is 5.10 Å². The summed E-state index contributed by atoms with van der Waals surface area (Å²) < 4.78 is 15.1. The molecule has 0 bridgehead atoms. The van der Waals surface area contributed by atoms with Gasteiger partial charge in [0.25, 0.3) is 0 Å². The Hall–Kier alpha value is -3.30. The number of benzene rings is 1. The van der Waals surface area contributed by atoms with E-state index < -0.39 is 6.03 Å². The third kappa shape index (κ3) is 3.31. The summed E-state index contributed by atoms with van der Waals surface area (Å²) in [5.41, 5.74) is 9.36. The number of anilines is 2. The molecule has 4 N–H and O–H groups in total.